The molecule has 1 aliphatic heterocycles. The largest absolute Gasteiger partial charge is 0.493 e. The van der Waals surface area contributed by atoms with E-state index < -0.39 is 11.9 Å². The number of aliphatic imine (C=N–C) groups is 1. The summed E-state index contributed by atoms with van der Waals surface area (Å²) in [5, 5.41) is 8.59. The molecule has 0 bridgehead atoms. The third kappa shape index (κ3) is 3.67. The average Bonchev–Trinajstić information content (AvgIpc) is 3.05. The molecule has 22 heavy (non-hydrogen) atoms. The molecule has 1 aromatic rings. The summed E-state index contributed by atoms with van der Waals surface area (Å²) >= 11 is 0. The monoisotopic (exact) mass is 310 g/mol. The number of hydroxylamine groups is 1. The smallest absolute Gasteiger partial charge is 0.271 e. The zero-order chi connectivity index (χ0) is 16.7. The molecule has 0 spiro atoms. The molecule has 7 heteroatoms. The normalized spacial score (nSPS) is 15.9. The van der Waals surface area contributed by atoms with Crippen LogP contribution in [0.3, 0.4) is 0 Å². The minimum Gasteiger partial charge on any atom is -0.493 e. The number of amides is 1. The maximum absolute atomic E-state index is 11.3. The van der Waals surface area contributed by atoms with Gasteiger partial charge < -0.3 is 14.2 Å². The number of carbonyl (C=O) groups is 1. The minimum absolute atomic E-state index is 0.0924. The number of nitrogens with zero attached hydrogens (tertiary/aromatic N) is 1. The van der Waals surface area contributed by atoms with Crippen LogP contribution < -0.4 is 15.0 Å². The fraction of sp³-hybridized carbons (Fsp3) is 0.467. The lowest BCUT2D eigenvalue weighted by Gasteiger charge is -2.12. The van der Waals surface area contributed by atoms with E-state index in [0.29, 0.717) is 23.0 Å². The summed E-state index contributed by atoms with van der Waals surface area (Å²) in [7, 11) is 3.11. The quantitative estimate of drug-likeness (QED) is 0.652. The molecule has 0 aromatic heterocycles. The third-order valence-corrected chi connectivity index (χ3v) is 2.98. The SMILES string of the molecule is CC.COc1cc(C2=NC(C(=O)NO)CO2)cc(C)c1OC. The van der Waals surface area contributed by atoms with Crippen LogP contribution in [0.1, 0.15) is 25.0 Å². The van der Waals surface area contributed by atoms with Gasteiger partial charge in [-0.15, -0.1) is 0 Å². The molecule has 0 fully saturated rings. The van der Waals surface area contributed by atoms with Gasteiger partial charge in [0.25, 0.3) is 5.91 Å². The van der Waals surface area contributed by atoms with Crippen molar-refractivity contribution in [2.24, 2.45) is 4.99 Å². The van der Waals surface area contributed by atoms with Crippen molar-refractivity contribution >= 4 is 11.8 Å². The average molecular weight is 310 g/mol. The molecule has 2 N–H and O–H groups in total. The van der Waals surface area contributed by atoms with Crippen molar-refractivity contribution in [3.8, 4) is 11.5 Å². The van der Waals surface area contributed by atoms with Crippen LogP contribution in [-0.4, -0.2) is 43.9 Å². The fourth-order valence-electron chi connectivity index (χ4n) is 2.02. The van der Waals surface area contributed by atoms with Crippen molar-refractivity contribution in [1.82, 2.24) is 5.48 Å². The number of carbonyl (C=O) groups excluding carboxylic acids is 1. The highest BCUT2D eigenvalue weighted by atomic mass is 16.5. The van der Waals surface area contributed by atoms with Gasteiger partial charge in [-0.2, -0.15) is 0 Å². The van der Waals surface area contributed by atoms with Gasteiger partial charge >= 0.3 is 0 Å². The van der Waals surface area contributed by atoms with Gasteiger partial charge in [0.05, 0.1) is 14.2 Å². The molecular weight excluding hydrogens is 288 g/mol. The second-order valence-electron chi connectivity index (χ2n) is 4.27. The van der Waals surface area contributed by atoms with E-state index in [9.17, 15) is 4.79 Å². The predicted molar refractivity (Wildman–Crippen MR) is 81.8 cm³/mol. The predicted octanol–water partition coefficient (Wildman–Crippen LogP) is 1.69. The van der Waals surface area contributed by atoms with Crippen LogP contribution in [0.25, 0.3) is 0 Å². The van der Waals surface area contributed by atoms with Crippen LogP contribution in [0.5, 0.6) is 11.5 Å². The van der Waals surface area contributed by atoms with E-state index in [1.54, 1.807) is 25.8 Å². The number of hydrogen-bond donors (Lipinski definition) is 2. The molecule has 0 saturated carbocycles. The van der Waals surface area contributed by atoms with E-state index in [-0.39, 0.29) is 6.61 Å². The standard InChI is InChI=1S/C13H16N2O5.C2H6/c1-7-4-8(5-10(18-2)11(7)19-3)13-14-9(6-20-13)12(16)15-17;1-2/h4-5,9,17H,6H2,1-3H3,(H,15,16);1-2H3. The van der Waals surface area contributed by atoms with Crippen LogP contribution in [0.15, 0.2) is 17.1 Å². The first-order chi connectivity index (χ1) is 10.6. The van der Waals surface area contributed by atoms with Crippen LogP contribution in [0.4, 0.5) is 0 Å². The van der Waals surface area contributed by atoms with E-state index >= 15 is 0 Å². The lowest BCUT2D eigenvalue weighted by Crippen LogP contribution is -2.31. The number of nitrogens with one attached hydrogen (secondary N) is 1. The Balaban J connectivity index is 0.00000116. The second-order valence-corrected chi connectivity index (χ2v) is 4.27. The number of rotatable bonds is 4. The lowest BCUT2D eigenvalue weighted by atomic mass is 10.1. The van der Waals surface area contributed by atoms with Crippen molar-refractivity contribution < 1.29 is 24.2 Å². The van der Waals surface area contributed by atoms with Gasteiger partial charge in [-0.1, -0.05) is 13.8 Å². The summed E-state index contributed by atoms with van der Waals surface area (Å²) < 4.78 is 15.9. The molecule has 1 aliphatic rings. The van der Waals surface area contributed by atoms with Crippen LogP contribution >= 0.6 is 0 Å². The first kappa shape index (κ1) is 17.8. The molecular formula is C15H22N2O5. The Hall–Kier alpha value is -2.28. The number of aryl methyl sites for hydroxylation is 1. The molecule has 2 rings (SSSR count). The highest BCUT2D eigenvalue weighted by molar-refractivity contribution is 5.99. The summed E-state index contributed by atoms with van der Waals surface area (Å²) in [5.41, 5.74) is 3.11. The van der Waals surface area contributed by atoms with Crippen LogP contribution in [0, 0.1) is 6.92 Å². The van der Waals surface area contributed by atoms with Gasteiger partial charge in [0.2, 0.25) is 5.90 Å². The van der Waals surface area contributed by atoms with Crippen molar-refractivity contribution in [2.75, 3.05) is 20.8 Å². The Kier molecular flexibility index (Phi) is 6.65. The Morgan fingerprint density at radius 2 is 2.05 bits per heavy atom. The maximum atomic E-state index is 11.3. The summed E-state index contributed by atoms with van der Waals surface area (Å²) in [6, 6.07) is 2.81. The Morgan fingerprint density at radius 1 is 1.36 bits per heavy atom. The Labute approximate surface area is 129 Å². The Morgan fingerprint density at radius 3 is 2.59 bits per heavy atom. The molecule has 0 saturated heterocycles. The fourth-order valence-corrected chi connectivity index (χ4v) is 2.02. The van der Waals surface area contributed by atoms with Gasteiger partial charge in [0.1, 0.15) is 6.61 Å². The van der Waals surface area contributed by atoms with E-state index in [4.69, 9.17) is 19.4 Å². The number of hydrogen-bond acceptors (Lipinski definition) is 6. The van der Waals surface area contributed by atoms with Gasteiger partial charge in [-0.25, -0.2) is 10.5 Å². The van der Waals surface area contributed by atoms with Gasteiger partial charge in [-0.05, 0) is 24.6 Å². The van der Waals surface area contributed by atoms with Gasteiger partial charge in [0.15, 0.2) is 17.5 Å². The van der Waals surface area contributed by atoms with Crippen molar-refractivity contribution in [3.05, 3.63) is 23.3 Å². The lowest BCUT2D eigenvalue weighted by molar-refractivity contribution is -0.130. The molecule has 122 valence electrons. The van der Waals surface area contributed by atoms with Gasteiger partial charge in [-0.3, -0.25) is 10.0 Å². The van der Waals surface area contributed by atoms with Crippen molar-refractivity contribution in [3.63, 3.8) is 0 Å². The Bertz CT molecular complexity index is 557. The summed E-state index contributed by atoms with van der Waals surface area (Å²) in [5.74, 6) is 0.934. The zero-order valence-electron chi connectivity index (χ0n) is 13.5. The highest BCUT2D eigenvalue weighted by Crippen LogP contribution is 2.32. The second kappa shape index (κ2) is 8.23. The zero-order valence-corrected chi connectivity index (χ0v) is 13.5. The molecule has 0 radical (unpaired) electrons. The molecule has 1 atom stereocenters. The van der Waals surface area contributed by atoms with E-state index in [2.05, 4.69) is 4.99 Å². The van der Waals surface area contributed by atoms with E-state index in [1.165, 1.54) is 0 Å². The number of ether oxygens (including phenoxy) is 3. The molecule has 0 aliphatic carbocycles. The molecule has 1 amide bonds. The topological polar surface area (TPSA) is 89.4 Å². The molecule has 1 aromatic carbocycles. The minimum atomic E-state index is -0.747. The summed E-state index contributed by atoms with van der Waals surface area (Å²) in [6.07, 6.45) is 0. The number of benzene rings is 1. The van der Waals surface area contributed by atoms with Crippen molar-refractivity contribution in [1.29, 1.82) is 0 Å². The summed E-state index contributed by atoms with van der Waals surface area (Å²) in [4.78, 5) is 15.4. The van der Waals surface area contributed by atoms with Crippen LogP contribution in [0.2, 0.25) is 0 Å². The van der Waals surface area contributed by atoms with E-state index in [1.807, 2.05) is 26.8 Å². The van der Waals surface area contributed by atoms with Gasteiger partial charge in [0, 0.05) is 5.56 Å². The highest BCUT2D eigenvalue weighted by Gasteiger charge is 2.27. The van der Waals surface area contributed by atoms with E-state index in [0.717, 1.165) is 5.56 Å². The third-order valence-electron chi connectivity index (χ3n) is 2.98. The van der Waals surface area contributed by atoms with Crippen LogP contribution in [-0.2, 0) is 9.53 Å². The van der Waals surface area contributed by atoms with Crippen molar-refractivity contribution in [2.45, 2.75) is 26.8 Å². The first-order valence-electron chi connectivity index (χ1n) is 6.98. The first-order valence-corrected chi connectivity index (χ1v) is 6.98. The maximum Gasteiger partial charge on any atom is 0.271 e. The molecule has 7 nitrogen and oxygen atoms in total. The molecule has 1 unspecified atom stereocenters. The number of methoxy groups -OCH3 is 2. The molecule has 1 heterocycles. The summed E-state index contributed by atoms with van der Waals surface area (Å²) in [6.45, 7) is 5.97.